The van der Waals surface area contributed by atoms with Gasteiger partial charge in [0.25, 0.3) is 0 Å². The minimum atomic E-state index is -0.116. The molecule has 0 aromatic carbocycles. The van der Waals surface area contributed by atoms with Gasteiger partial charge in [0.15, 0.2) is 5.65 Å². The Morgan fingerprint density at radius 1 is 1.07 bits per heavy atom. The molecule has 0 saturated carbocycles. The highest BCUT2D eigenvalue weighted by Crippen LogP contribution is 2.26. The number of thiophene rings is 1. The third-order valence-corrected chi connectivity index (χ3v) is 5.48. The molecule has 4 aromatic heterocycles. The van der Waals surface area contributed by atoms with E-state index in [4.69, 9.17) is 5.10 Å². The zero-order valence-corrected chi connectivity index (χ0v) is 16.9. The van der Waals surface area contributed by atoms with Crippen LogP contribution in [0.3, 0.4) is 0 Å². The van der Waals surface area contributed by atoms with E-state index in [1.54, 1.807) is 17.5 Å². The maximum absolute atomic E-state index is 4.87. The van der Waals surface area contributed by atoms with E-state index in [1.165, 1.54) is 9.88 Å². The number of pyridine rings is 1. The van der Waals surface area contributed by atoms with Crippen LogP contribution in [0.15, 0.2) is 36.5 Å². The smallest absolute Gasteiger partial charge is 0.203 e. The molecule has 0 saturated heterocycles. The number of anilines is 1. The van der Waals surface area contributed by atoms with E-state index in [1.807, 2.05) is 22.7 Å². The first-order valence-corrected chi connectivity index (χ1v) is 9.62. The molecule has 0 aliphatic heterocycles. The van der Waals surface area contributed by atoms with Crippen molar-refractivity contribution in [3.8, 4) is 11.5 Å². The van der Waals surface area contributed by atoms with Gasteiger partial charge in [-0.05, 0) is 30.3 Å². The summed E-state index contributed by atoms with van der Waals surface area (Å²) >= 11 is 1.74. The highest BCUT2D eigenvalue weighted by molar-refractivity contribution is 7.16. The molecule has 4 rings (SSSR count). The van der Waals surface area contributed by atoms with Gasteiger partial charge in [0.05, 0.1) is 10.7 Å². The van der Waals surface area contributed by atoms with Crippen LogP contribution in [0.4, 0.5) is 5.00 Å². The number of rotatable bonds is 3. The summed E-state index contributed by atoms with van der Waals surface area (Å²) in [6, 6.07) is 10.0. The Bertz CT molecular complexity index is 1130. The van der Waals surface area contributed by atoms with Gasteiger partial charge in [0.2, 0.25) is 5.82 Å². The highest BCUT2D eigenvalue weighted by Gasteiger charge is 2.24. The van der Waals surface area contributed by atoms with Crippen molar-refractivity contribution in [3.05, 3.63) is 52.3 Å². The summed E-state index contributed by atoms with van der Waals surface area (Å²) in [7, 11) is 4.10. The minimum Gasteiger partial charge on any atom is -0.370 e. The van der Waals surface area contributed by atoms with E-state index < -0.39 is 0 Å². The Hall–Kier alpha value is -2.80. The maximum Gasteiger partial charge on any atom is 0.203 e. The van der Waals surface area contributed by atoms with Crippen molar-refractivity contribution < 1.29 is 0 Å². The first-order chi connectivity index (χ1) is 12.8. The van der Waals surface area contributed by atoms with E-state index >= 15 is 0 Å². The van der Waals surface area contributed by atoms with Crippen LogP contribution in [0.25, 0.3) is 23.2 Å². The average molecular weight is 379 g/mol. The van der Waals surface area contributed by atoms with Crippen molar-refractivity contribution in [2.45, 2.75) is 26.2 Å². The van der Waals surface area contributed by atoms with Gasteiger partial charge in [0, 0.05) is 35.8 Å². The van der Waals surface area contributed by atoms with Crippen molar-refractivity contribution in [2.75, 3.05) is 19.0 Å². The Morgan fingerprint density at radius 2 is 1.89 bits per heavy atom. The quantitative estimate of drug-likeness (QED) is 0.548. The lowest BCUT2D eigenvalue weighted by atomic mass is 9.91. The van der Waals surface area contributed by atoms with E-state index in [-0.39, 0.29) is 5.41 Å². The van der Waals surface area contributed by atoms with E-state index in [0.717, 1.165) is 22.3 Å². The van der Waals surface area contributed by atoms with Crippen LogP contribution in [0.5, 0.6) is 0 Å². The Morgan fingerprint density at radius 3 is 2.52 bits per heavy atom. The molecular formula is C20H22N6S. The predicted octanol–water partition coefficient (Wildman–Crippen LogP) is 3.16. The first kappa shape index (κ1) is 17.6. The third-order valence-electron chi connectivity index (χ3n) is 4.28. The van der Waals surface area contributed by atoms with Crippen LogP contribution in [0.1, 0.15) is 31.3 Å². The zero-order valence-electron chi connectivity index (χ0n) is 16.1. The van der Waals surface area contributed by atoms with Crippen LogP contribution in [0.2, 0.25) is 0 Å². The number of aromatic nitrogens is 5. The Labute approximate surface area is 162 Å². The molecule has 27 heavy (non-hydrogen) atoms. The predicted molar refractivity (Wildman–Crippen MR) is 110 cm³/mol. The standard InChI is InChI=1S/C20H22N6S/c1-20(2,3)17-14(12-13-9-10-16(27-13)25(4)5)18-22-23-19(26(18)24-17)15-8-6-7-11-21-15/h6-12H,1-5H3/b14-12+. The molecule has 0 amide bonds. The van der Waals surface area contributed by atoms with Gasteiger partial charge in [-0.15, -0.1) is 21.5 Å². The molecule has 0 aliphatic carbocycles. The Kier molecular flexibility index (Phi) is 4.19. The number of hydrogen-bond acceptors (Lipinski definition) is 6. The molecule has 0 fully saturated rings. The molecule has 0 bridgehead atoms. The summed E-state index contributed by atoms with van der Waals surface area (Å²) in [5.41, 5.74) is 2.42. The van der Waals surface area contributed by atoms with E-state index in [9.17, 15) is 0 Å². The Balaban J connectivity index is 1.95. The molecule has 7 heteroatoms. The van der Waals surface area contributed by atoms with Gasteiger partial charge in [-0.1, -0.05) is 26.8 Å². The monoisotopic (exact) mass is 378 g/mol. The second kappa shape index (κ2) is 6.42. The number of nitrogens with zero attached hydrogens (tertiary/aromatic N) is 6. The lowest BCUT2D eigenvalue weighted by Crippen LogP contribution is -2.22. The zero-order chi connectivity index (χ0) is 19.2. The lowest BCUT2D eigenvalue weighted by molar-refractivity contribution is 0.559. The number of hydrogen-bond donors (Lipinski definition) is 0. The number of fused-ring (bicyclic) bond motifs is 1. The SMILES string of the molecule is CN(C)c1ccc(/C=c2\c(C(C)(C)C)nn3c(-c4ccccn4)nnc23)s1. The van der Waals surface area contributed by atoms with Gasteiger partial charge in [0.1, 0.15) is 5.69 Å². The van der Waals surface area contributed by atoms with Crippen molar-refractivity contribution in [1.29, 1.82) is 0 Å². The lowest BCUT2D eigenvalue weighted by Gasteiger charge is -2.14. The van der Waals surface area contributed by atoms with Gasteiger partial charge >= 0.3 is 0 Å². The largest absolute Gasteiger partial charge is 0.370 e. The van der Waals surface area contributed by atoms with Crippen molar-refractivity contribution in [3.63, 3.8) is 0 Å². The summed E-state index contributed by atoms with van der Waals surface area (Å²) in [5, 5.41) is 15.9. The molecule has 138 valence electrons. The highest BCUT2D eigenvalue weighted by atomic mass is 32.1. The molecule has 0 atom stereocenters. The van der Waals surface area contributed by atoms with E-state index in [2.05, 4.69) is 73.2 Å². The summed E-state index contributed by atoms with van der Waals surface area (Å²) in [6.07, 6.45) is 3.92. The van der Waals surface area contributed by atoms with E-state index in [0.29, 0.717) is 5.82 Å². The van der Waals surface area contributed by atoms with Crippen molar-refractivity contribution >= 4 is 28.1 Å². The van der Waals surface area contributed by atoms with Crippen LogP contribution in [-0.2, 0) is 5.41 Å². The topological polar surface area (TPSA) is 59.2 Å². The molecule has 0 unspecified atom stereocenters. The molecule has 0 aliphatic rings. The van der Waals surface area contributed by atoms with Crippen LogP contribution < -0.4 is 10.1 Å². The van der Waals surface area contributed by atoms with Crippen LogP contribution in [0, 0.1) is 0 Å². The summed E-state index contributed by atoms with van der Waals surface area (Å²) in [5.74, 6) is 0.663. The van der Waals surface area contributed by atoms with Crippen LogP contribution >= 0.6 is 11.3 Å². The molecule has 0 radical (unpaired) electrons. The summed E-state index contributed by atoms with van der Waals surface area (Å²) in [4.78, 5) is 7.68. The van der Waals surface area contributed by atoms with Gasteiger partial charge in [-0.2, -0.15) is 9.61 Å². The van der Waals surface area contributed by atoms with Gasteiger partial charge < -0.3 is 4.90 Å². The molecule has 0 spiro atoms. The van der Waals surface area contributed by atoms with Gasteiger partial charge in [-0.25, -0.2) is 0 Å². The minimum absolute atomic E-state index is 0.116. The summed E-state index contributed by atoms with van der Waals surface area (Å²) in [6.45, 7) is 6.50. The molecular weight excluding hydrogens is 356 g/mol. The first-order valence-electron chi connectivity index (χ1n) is 8.80. The third kappa shape index (κ3) is 3.19. The molecule has 4 aromatic rings. The van der Waals surface area contributed by atoms with Gasteiger partial charge in [-0.3, -0.25) is 4.98 Å². The maximum atomic E-state index is 4.87. The fourth-order valence-electron chi connectivity index (χ4n) is 2.95. The second-order valence-corrected chi connectivity index (χ2v) is 8.79. The molecule has 4 heterocycles. The molecule has 0 N–H and O–H groups in total. The average Bonchev–Trinajstić information content (AvgIpc) is 3.31. The normalized spacial score (nSPS) is 12.9. The van der Waals surface area contributed by atoms with Crippen LogP contribution in [-0.4, -0.2) is 38.9 Å². The molecule has 6 nitrogen and oxygen atoms in total. The van der Waals surface area contributed by atoms with Crippen molar-refractivity contribution in [1.82, 2.24) is 24.8 Å². The fraction of sp³-hybridized carbons (Fsp3) is 0.300. The fourth-order valence-corrected chi connectivity index (χ4v) is 3.82. The van der Waals surface area contributed by atoms with Crippen molar-refractivity contribution in [2.24, 2.45) is 0 Å². The summed E-state index contributed by atoms with van der Waals surface area (Å²) < 4.78 is 1.81. The second-order valence-electron chi connectivity index (χ2n) is 7.70.